The third-order valence-corrected chi connectivity index (χ3v) is 8.64. The topological polar surface area (TPSA) is 25.8 Å². The molecule has 0 amide bonds. The Balaban J connectivity index is 1.46. The van der Waals surface area contributed by atoms with E-state index in [4.69, 9.17) is 15.5 Å². The maximum Gasteiger partial charge on any atom is 0.160 e. The van der Waals surface area contributed by atoms with Crippen LogP contribution >= 0.6 is 0 Å². The Morgan fingerprint density at radius 3 is 1.57 bits per heavy atom. The van der Waals surface area contributed by atoms with Gasteiger partial charge in [0.1, 0.15) is 0 Å². The Morgan fingerprint density at radius 1 is 0.525 bits per heavy atom. The first kappa shape index (κ1) is 21.2. The maximum absolute atomic E-state index is 9.10. The van der Waals surface area contributed by atoms with E-state index in [2.05, 4.69) is 19.6 Å². The van der Waals surface area contributed by atoms with Gasteiger partial charge in [0.05, 0.1) is 24.9 Å². The van der Waals surface area contributed by atoms with Crippen molar-refractivity contribution < 1.29 is 5.48 Å². The Morgan fingerprint density at radius 2 is 1.02 bits per heavy atom. The summed E-state index contributed by atoms with van der Waals surface area (Å²) in [5.41, 5.74) is 7.50. The molecule has 1 heterocycles. The first-order valence-corrected chi connectivity index (χ1v) is 16.9. The van der Waals surface area contributed by atoms with Crippen LogP contribution in [-0.4, -0.2) is 18.0 Å². The molecule has 1 aromatic heterocycles. The lowest BCUT2D eigenvalue weighted by Gasteiger charge is -2.18. The van der Waals surface area contributed by atoms with Crippen LogP contribution in [0.3, 0.4) is 0 Å². The van der Waals surface area contributed by atoms with Crippen LogP contribution in [0.25, 0.3) is 56.2 Å². The van der Waals surface area contributed by atoms with E-state index in [0.29, 0.717) is 16.6 Å². The summed E-state index contributed by atoms with van der Waals surface area (Å²) in [6.07, 6.45) is 0. The van der Waals surface area contributed by atoms with Gasteiger partial charge in [-0.2, -0.15) is 0 Å². The fraction of sp³-hybridized carbons (Fsp3) is 0.0811. The molecule has 5 aromatic carbocycles. The molecule has 0 spiro atoms. The van der Waals surface area contributed by atoms with E-state index in [1.165, 1.54) is 0 Å². The number of hydrogen-bond acceptors (Lipinski definition) is 2. The molecule has 6 aromatic rings. The molecule has 0 bridgehead atoms. The lowest BCUT2D eigenvalue weighted by molar-refractivity contribution is 1.18. The highest BCUT2D eigenvalue weighted by Crippen LogP contribution is 2.34. The second-order valence-electron chi connectivity index (χ2n) is 10.8. The first-order valence-electron chi connectivity index (χ1n) is 15.4. The highest BCUT2D eigenvalue weighted by molar-refractivity contribution is 6.88. The van der Waals surface area contributed by atoms with Crippen molar-refractivity contribution in [3.8, 4) is 56.2 Å². The van der Waals surface area contributed by atoms with Crippen LogP contribution < -0.4 is 5.19 Å². The van der Waals surface area contributed by atoms with E-state index in [1.54, 1.807) is 0 Å². The summed E-state index contributed by atoms with van der Waals surface area (Å²) in [5, 5.41) is 0.614. The third-order valence-electron chi connectivity index (χ3n) is 6.89. The molecular formula is C37H32N2Si. The van der Waals surface area contributed by atoms with E-state index in [-0.39, 0.29) is 24.2 Å². The molecule has 0 N–H and O–H groups in total. The molecule has 3 heteroatoms. The monoisotopic (exact) mass is 536 g/mol. The number of nitrogens with zero attached hydrogens (tertiary/aromatic N) is 2. The van der Waals surface area contributed by atoms with Crippen LogP contribution in [0.4, 0.5) is 0 Å². The average molecular weight is 537 g/mol. The molecular weight excluding hydrogens is 501 g/mol. The van der Waals surface area contributed by atoms with E-state index < -0.39 is 8.07 Å². The number of hydrogen-bond donors (Lipinski definition) is 0. The summed E-state index contributed by atoms with van der Waals surface area (Å²) < 4.78 is 35.0. The Hall–Kier alpha value is -4.60. The highest BCUT2D eigenvalue weighted by Gasteiger charge is 2.17. The summed E-state index contributed by atoms with van der Waals surface area (Å²) in [4.78, 5) is 9.89. The standard InChI is InChI=1S/C37H32N2Si/c1-40(2,3)32-18-12-17-31(25-32)34-20-11-10-19-33(34)27-21-23-30(24-22-27)37-38-35(28-13-6-4-7-14-28)26-36(39-37)29-15-8-5-9-16-29/h4-26H,1-3H3/i12D,17D,18D,25D. The summed E-state index contributed by atoms with van der Waals surface area (Å²) in [7, 11) is -2.13. The van der Waals surface area contributed by atoms with E-state index in [9.17, 15) is 0 Å². The minimum atomic E-state index is -2.13. The lowest BCUT2D eigenvalue weighted by atomic mass is 9.94. The van der Waals surface area contributed by atoms with Crippen molar-refractivity contribution in [3.63, 3.8) is 0 Å². The van der Waals surface area contributed by atoms with Crippen molar-refractivity contribution in [2.75, 3.05) is 0 Å². The van der Waals surface area contributed by atoms with Crippen LogP contribution in [0.2, 0.25) is 19.6 Å². The SMILES string of the molecule is [2H]c1c([2H])c(-c2ccccc2-c2ccc(-c3nc(-c4ccccc4)cc(-c4ccccc4)n3)cc2)c([2H])c([Si](C)(C)C)c1[2H]. The van der Waals surface area contributed by atoms with Crippen LogP contribution in [0.1, 0.15) is 5.48 Å². The van der Waals surface area contributed by atoms with Crippen molar-refractivity contribution in [1.82, 2.24) is 9.97 Å². The zero-order chi connectivity index (χ0) is 31.0. The molecule has 0 saturated heterocycles. The molecule has 0 radical (unpaired) electrons. The molecule has 40 heavy (non-hydrogen) atoms. The molecule has 0 atom stereocenters. The zero-order valence-electron chi connectivity index (χ0n) is 26.9. The van der Waals surface area contributed by atoms with Gasteiger partial charge in [-0.1, -0.05) is 158 Å². The van der Waals surface area contributed by atoms with Gasteiger partial charge < -0.3 is 0 Å². The summed E-state index contributed by atoms with van der Waals surface area (Å²) >= 11 is 0. The minimum absolute atomic E-state index is 0.0114. The second-order valence-corrected chi connectivity index (χ2v) is 15.8. The third kappa shape index (κ3) is 5.42. The fourth-order valence-corrected chi connectivity index (χ4v) is 5.63. The quantitative estimate of drug-likeness (QED) is 0.198. The predicted molar refractivity (Wildman–Crippen MR) is 172 cm³/mol. The summed E-state index contributed by atoms with van der Waals surface area (Å²) in [6.45, 7) is 6.23. The average Bonchev–Trinajstić information content (AvgIpc) is 3.04. The van der Waals surface area contributed by atoms with Gasteiger partial charge in [-0.15, -0.1) is 0 Å². The van der Waals surface area contributed by atoms with Crippen LogP contribution in [0.15, 0.2) is 139 Å². The van der Waals surface area contributed by atoms with Gasteiger partial charge in [0.25, 0.3) is 0 Å². The first-order chi connectivity index (χ1) is 21.1. The molecule has 194 valence electrons. The van der Waals surface area contributed by atoms with Crippen molar-refractivity contribution in [1.29, 1.82) is 0 Å². The smallest absolute Gasteiger partial charge is 0.160 e. The van der Waals surface area contributed by atoms with Gasteiger partial charge in [0.15, 0.2) is 5.82 Å². The molecule has 6 rings (SSSR count). The molecule has 0 aliphatic rings. The van der Waals surface area contributed by atoms with Gasteiger partial charge in [-0.3, -0.25) is 0 Å². The Labute approximate surface area is 243 Å². The van der Waals surface area contributed by atoms with Crippen molar-refractivity contribution >= 4 is 13.3 Å². The molecule has 0 aliphatic carbocycles. The van der Waals surface area contributed by atoms with Crippen molar-refractivity contribution in [2.45, 2.75) is 19.6 Å². The van der Waals surface area contributed by atoms with Crippen LogP contribution in [0, 0.1) is 0 Å². The van der Waals surface area contributed by atoms with E-state index in [1.807, 2.05) is 115 Å². The second kappa shape index (κ2) is 10.9. The Bertz CT molecular complexity index is 1910. The molecule has 0 aliphatic heterocycles. The zero-order valence-corrected chi connectivity index (χ0v) is 23.9. The predicted octanol–water partition coefficient (Wildman–Crippen LogP) is 9.36. The lowest BCUT2D eigenvalue weighted by Crippen LogP contribution is -2.37. The fourth-order valence-electron chi connectivity index (χ4n) is 4.70. The highest BCUT2D eigenvalue weighted by atomic mass is 28.3. The van der Waals surface area contributed by atoms with Crippen molar-refractivity contribution in [3.05, 3.63) is 139 Å². The van der Waals surface area contributed by atoms with Crippen LogP contribution in [0.5, 0.6) is 0 Å². The van der Waals surface area contributed by atoms with Crippen LogP contribution in [-0.2, 0) is 0 Å². The Kier molecular flexibility index (Phi) is 5.78. The van der Waals surface area contributed by atoms with Gasteiger partial charge in [0.2, 0.25) is 0 Å². The minimum Gasteiger partial charge on any atom is -0.228 e. The largest absolute Gasteiger partial charge is 0.228 e. The van der Waals surface area contributed by atoms with Gasteiger partial charge in [-0.05, 0) is 28.3 Å². The molecule has 0 fully saturated rings. The maximum atomic E-state index is 9.10. The normalized spacial score (nSPS) is 12.8. The van der Waals surface area contributed by atoms with Crippen molar-refractivity contribution in [2.24, 2.45) is 0 Å². The molecule has 2 nitrogen and oxygen atoms in total. The van der Waals surface area contributed by atoms with Gasteiger partial charge in [0, 0.05) is 16.7 Å². The summed E-state index contributed by atoms with van der Waals surface area (Å²) in [6, 6.07) is 38.0. The number of aromatic nitrogens is 2. The molecule has 0 unspecified atom stereocenters. The number of rotatable bonds is 6. The van der Waals surface area contributed by atoms with E-state index in [0.717, 1.165) is 44.8 Å². The van der Waals surface area contributed by atoms with Gasteiger partial charge in [-0.25, -0.2) is 9.97 Å². The van der Waals surface area contributed by atoms with E-state index >= 15 is 0 Å². The molecule has 0 saturated carbocycles. The number of benzene rings is 5. The summed E-state index contributed by atoms with van der Waals surface area (Å²) in [5.74, 6) is 0.622. The van der Waals surface area contributed by atoms with Gasteiger partial charge >= 0.3 is 0 Å².